The fourth-order valence-electron chi connectivity index (χ4n) is 2.43. The van der Waals surface area contributed by atoms with Gasteiger partial charge in [-0.2, -0.15) is 0 Å². The van der Waals surface area contributed by atoms with Crippen molar-refractivity contribution in [3.05, 3.63) is 59.7 Å². The Morgan fingerprint density at radius 2 is 2.19 bits per heavy atom. The summed E-state index contributed by atoms with van der Waals surface area (Å²) in [4.78, 5) is 19.7. The number of nitrogens with zero attached hydrogens (tertiary/aromatic N) is 3. The van der Waals surface area contributed by atoms with Crippen molar-refractivity contribution in [2.24, 2.45) is 0 Å². The zero-order valence-electron chi connectivity index (χ0n) is 11.7. The second-order valence-corrected chi connectivity index (χ2v) is 4.84. The van der Waals surface area contributed by atoms with Gasteiger partial charge >= 0.3 is 5.97 Å². The van der Waals surface area contributed by atoms with Crippen LogP contribution in [0.25, 0.3) is 11.0 Å². The van der Waals surface area contributed by atoms with Crippen LogP contribution in [-0.4, -0.2) is 25.6 Å². The van der Waals surface area contributed by atoms with Crippen LogP contribution in [-0.2, 0) is 13.0 Å². The summed E-state index contributed by atoms with van der Waals surface area (Å²) < 4.78 is 2.11. The van der Waals surface area contributed by atoms with Gasteiger partial charge in [0.05, 0.1) is 23.1 Å². The molecule has 0 fully saturated rings. The number of carbonyl (C=O) groups is 1. The average Bonchev–Trinajstić information content (AvgIpc) is 2.85. The van der Waals surface area contributed by atoms with Gasteiger partial charge in [-0.1, -0.05) is 13.0 Å². The van der Waals surface area contributed by atoms with Gasteiger partial charge in [-0.05, 0) is 29.8 Å². The maximum absolute atomic E-state index is 11.1. The molecule has 2 heterocycles. The molecule has 0 aliphatic rings. The van der Waals surface area contributed by atoms with Crippen molar-refractivity contribution in [1.82, 2.24) is 14.5 Å². The van der Waals surface area contributed by atoms with Gasteiger partial charge in [-0.25, -0.2) is 9.78 Å². The minimum Gasteiger partial charge on any atom is -0.478 e. The van der Waals surface area contributed by atoms with Crippen molar-refractivity contribution >= 4 is 17.0 Å². The predicted molar refractivity (Wildman–Crippen MR) is 79.4 cm³/mol. The van der Waals surface area contributed by atoms with Gasteiger partial charge in [0.15, 0.2) is 0 Å². The average molecular weight is 281 g/mol. The second-order valence-electron chi connectivity index (χ2n) is 4.84. The van der Waals surface area contributed by atoms with Crippen molar-refractivity contribution in [3.63, 3.8) is 0 Å². The van der Waals surface area contributed by atoms with Gasteiger partial charge in [-0.15, -0.1) is 0 Å². The summed E-state index contributed by atoms with van der Waals surface area (Å²) >= 11 is 0. The summed E-state index contributed by atoms with van der Waals surface area (Å²) in [6.45, 7) is 2.72. The third kappa shape index (κ3) is 2.50. The molecule has 2 aromatic heterocycles. The van der Waals surface area contributed by atoms with E-state index >= 15 is 0 Å². The van der Waals surface area contributed by atoms with E-state index in [1.165, 1.54) is 0 Å². The highest BCUT2D eigenvalue weighted by molar-refractivity contribution is 5.92. The highest BCUT2D eigenvalue weighted by atomic mass is 16.4. The van der Waals surface area contributed by atoms with Gasteiger partial charge in [-0.3, -0.25) is 4.98 Å². The van der Waals surface area contributed by atoms with Gasteiger partial charge in [0.1, 0.15) is 5.82 Å². The molecule has 0 saturated heterocycles. The molecule has 1 aromatic carbocycles. The van der Waals surface area contributed by atoms with E-state index in [0.717, 1.165) is 28.8 Å². The Kier molecular flexibility index (Phi) is 3.39. The van der Waals surface area contributed by atoms with Crippen LogP contribution in [0.1, 0.15) is 28.7 Å². The number of pyridine rings is 1. The fourth-order valence-corrected chi connectivity index (χ4v) is 2.43. The summed E-state index contributed by atoms with van der Waals surface area (Å²) in [7, 11) is 0. The van der Waals surface area contributed by atoms with Crippen LogP contribution in [0.5, 0.6) is 0 Å². The summed E-state index contributed by atoms with van der Waals surface area (Å²) in [5.41, 5.74) is 3.02. The Bertz CT molecular complexity index is 794. The van der Waals surface area contributed by atoms with Gasteiger partial charge in [0.25, 0.3) is 0 Å². The van der Waals surface area contributed by atoms with E-state index < -0.39 is 5.97 Å². The quantitative estimate of drug-likeness (QED) is 0.798. The molecule has 1 N–H and O–H groups in total. The van der Waals surface area contributed by atoms with Gasteiger partial charge in [0, 0.05) is 18.8 Å². The lowest BCUT2D eigenvalue weighted by Gasteiger charge is -2.08. The molecule has 0 radical (unpaired) electrons. The molecule has 3 aromatic rings. The number of aryl methyl sites for hydroxylation is 1. The van der Waals surface area contributed by atoms with Crippen molar-refractivity contribution in [1.29, 1.82) is 0 Å². The molecule has 0 aliphatic heterocycles. The molecule has 0 bridgehead atoms. The van der Waals surface area contributed by atoms with E-state index in [1.54, 1.807) is 18.3 Å². The summed E-state index contributed by atoms with van der Waals surface area (Å²) in [5, 5.41) is 9.07. The SMILES string of the molecule is CCc1nc2cc(C(=O)O)ccc2n1Cc1cccnc1. The number of carboxylic acids is 1. The molecule has 0 atom stereocenters. The first-order valence-corrected chi connectivity index (χ1v) is 6.80. The summed E-state index contributed by atoms with van der Waals surface area (Å²) in [5.74, 6) is 0.00755. The molecular weight excluding hydrogens is 266 g/mol. The smallest absolute Gasteiger partial charge is 0.335 e. The van der Waals surface area contributed by atoms with E-state index in [1.807, 2.05) is 31.3 Å². The first-order chi connectivity index (χ1) is 10.2. The Labute approximate surface area is 121 Å². The number of rotatable bonds is 4. The van der Waals surface area contributed by atoms with Gasteiger partial charge in [0.2, 0.25) is 0 Å². The molecule has 0 spiro atoms. The first-order valence-electron chi connectivity index (χ1n) is 6.80. The van der Waals surface area contributed by atoms with E-state index in [9.17, 15) is 4.79 Å². The minimum absolute atomic E-state index is 0.260. The number of hydrogen-bond donors (Lipinski definition) is 1. The van der Waals surface area contributed by atoms with Crippen LogP contribution in [0.2, 0.25) is 0 Å². The molecule has 5 nitrogen and oxygen atoms in total. The lowest BCUT2D eigenvalue weighted by molar-refractivity contribution is 0.0697. The van der Waals surface area contributed by atoms with Crippen LogP contribution >= 0.6 is 0 Å². The number of aromatic nitrogens is 3. The fraction of sp³-hybridized carbons (Fsp3) is 0.188. The molecule has 0 saturated carbocycles. The van der Waals surface area contributed by atoms with Crippen molar-refractivity contribution in [3.8, 4) is 0 Å². The first kappa shape index (κ1) is 13.3. The molecule has 3 rings (SSSR count). The zero-order chi connectivity index (χ0) is 14.8. The van der Waals surface area contributed by atoms with E-state index in [4.69, 9.17) is 5.11 Å². The Hall–Kier alpha value is -2.69. The molecule has 0 unspecified atom stereocenters. The highest BCUT2D eigenvalue weighted by Crippen LogP contribution is 2.20. The number of benzene rings is 1. The number of imidazole rings is 1. The zero-order valence-corrected chi connectivity index (χ0v) is 11.7. The molecule has 0 aliphatic carbocycles. The lowest BCUT2D eigenvalue weighted by Crippen LogP contribution is -2.04. The summed E-state index contributed by atoms with van der Waals surface area (Å²) in [6, 6.07) is 8.98. The van der Waals surface area contributed by atoms with Crippen LogP contribution in [0, 0.1) is 0 Å². The molecule has 21 heavy (non-hydrogen) atoms. The van der Waals surface area contributed by atoms with Gasteiger partial charge < -0.3 is 9.67 Å². The summed E-state index contributed by atoms with van der Waals surface area (Å²) in [6.07, 6.45) is 4.36. The topological polar surface area (TPSA) is 68.0 Å². The number of fused-ring (bicyclic) bond motifs is 1. The van der Waals surface area contributed by atoms with Crippen LogP contribution in [0.3, 0.4) is 0 Å². The van der Waals surface area contributed by atoms with Crippen molar-refractivity contribution < 1.29 is 9.90 Å². The molecular formula is C16H15N3O2. The predicted octanol–water partition coefficient (Wildman–Crippen LogP) is 2.74. The highest BCUT2D eigenvalue weighted by Gasteiger charge is 2.12. The number of hydrogen-bond acceptors (Lipinski definition) is 3. The van der Waals surface area contributed by atoms with Crippen molar-refractivity contribution in [2.45, 2.75) is 19.9 Å². The second kappa shape index (κ2) is 5.36. The van der Waals surface area contributed by atoms with Crippen LogP contribution in [0.4, 0.5) is 0 Å². The standard InChI is InChI=1S/C16H15N3O2/c1-2-15-18-13-8-12(16(20)21)5-6-14(13)19(15)10-11-4-3-7-17-9-11/h3-9H,2,10H2,1H3,(H,20,21). The van der Waals surface area contributed by atoms with Crippen LogP contribution in [0.15, 0.2) is 42.7 Å². The Balaban J connectivity index is 2.10. The third-order valence-electron chi connectivity index (χ3n) is 3.45. The largest absolute Gasteiger partial charge is 0.478 e. The molecule has 0 amide bonds. The number of aromatic carboxylic acids is 1. The normalized spacial score (nSPS) is 10.9. The number of carboxylic acid groups (broad SMARTS) is 1. The Morgan fingerprint density at radius 3 is 2.86 bits per heavy atom. The Morgan fingerprint density at radius 1 is 1.33 bits per heavy atom. The molecule has 106 valence electrons. The third-order valence-corrected chi connectivity index (χ3v) is 3.45. The van der Waals surface area contributed by atoms with E-state index in [2.05, 4.69) is 14.5 Å². The van der Waals surface area contributed by atoms with E-state index in [-0.39, 0.29) is 5.56 Å². The lowest BCUT2D eigenvalue weighted by atomic mass is 10.2. The molecule has 5 heteroatoms. The maximum atomic E-state index is 11.1. The minimum atomic E-state index is -0.934. The van der Waals surface area contributed by atoms with Crippen LogP contribution < -0.4 is 0 Å². The van der Waals surface area contributed by atoms with Crippen molar-refractivity contribution in [2.75, 3.05) is 0 Å². The van der Waals surface area contributed by atoms with E-state index in [0.29, 0.717) is 6.54 Å². The monoisotopic (exact) mass is 281 g/mol. The maximum Gasteiger partial charge on any atom is 0.335 e.